The van der Waals surface area contributed by atoms with E-state index in [1.54, 1.807) is 0 Å². The summed E-state index contributed by atoms with van der Waals surface area (Å²) in [4.78, 5) is 28.2. The van der Waals surface area contributed by atoms with Crippen LogP contribution in [-0.2, 0) is 0 Å². The zero-order chi connectivity index (χ0) is 18.1. The molecule has 1 aromatic carbocycles. The van der Waals surface area contributed by atoms with E-state index >= 15 is 0 Å². The molecule has 3 aromatic rings. The van der Waals surface area contributed by atoms with Crippen molar-refractivity contribution in [2.24, 2.45) is 0 Å². The van der Waals surface area contributed by atoms with E-state index in [1.165, 1.54) is 6.33 Å². The van der Waals surface area contributed by atoms with Gasteiger partial charge < -0.3 is 19.5 Å². The number of carbonyl (C=O) groups is 1. The minimum absolute atomic E-state index is 0.0398. The molecule has 4 rings (SSSR count). The van der Waals surface area contributed by atoms with Gasteiger partial charge in [-0.1, -0.05) is 6.07 Å². The molecular formula is C19H21N5O2. The predicted octanol–water partition coefficient (Wildman–Crippen LogP) is 2.32. The molecule has 26 heavy (non-hydrogen) atoms. The van der Waals surface area contributed by atoms with Crippen LogP contribution in [0.1, 0.15) is 16.8 Å². The van der Waals surface area contributed by atoms with Gasteiger partial charge in [-0.2, -0.15) is 0 Å². The largest absolute Gasteiger partial charge is 0.472 e. The molecule has 7 heteroatoms. The van der Waals surface area contributed by atoms with E-state index in [0.717, 1.165) is 28.7 Å². The summed E-state index contributed by atoms with van der Waals surface area (Å²) >= 11 is 0. The number of aromatic amines is 1. The van der Waals surface area contributed by atoms with E-state index in [4.69, 9.17) is 4.74 Å². The van der Waals surface area contributed by atoms with E-state index in [0.29, 0.717) is 19.0 Å². The number of likely N-dealkylation sites (tertiary alicyclic amines) is 1. The smallest absolute Gasteiger partial charge is 0.254 e. The molecule has 1 N–H and O–H groups in total. The van der Waals surface area contributed by atoms with Crippen molar-refractivity contribution in [2.45, 2.75) is 12.5 Å². The van der Waals surface area contributed by atoms with Gasteiger partial charge in [0.1, 0.15) is 18.2 Å². The molecule has 1 aliphatic rings. The van der Waals surface area contributed by atoms with Crippen molar-refractivity contribution >= 4 is 22.6 Å². The van der Waals surface area contributed by atoms with Crippen molar-refractivity contribution in [3.05, 3.63) is 48.4 Å². The van der Waals surface area contributed by atoms with Crippen molar-refractivity contribution in [3.63, 3.8) is 0 Å². The molecule has 1 unspecified atom stereocenters. The number of aromatic nitrogens is 3. The Hall–Kier alpha value is -3.09. The highest BCUT2D eigenvalue weighted by molar-refractivity contribution is 6.06. The quantitative estimate of drug-likeness (QED) is 0.781. The fourth-order valence-electron chi connectivity index (χ4n) is 3.26. The Kier molecular flexibility index (Phi) is 4.20. The normalized spacial score (nSPS) is 16.8. The molecule has 0 aliphatic carbocycles. The van der Waals surface area contributed by atoms with Gasteiger partial charge in [0.05, 0.1) is 6.54 Å². The molecule has 1 saturated heterocycles. The SMILES string of the molecule is CN(C)c1cc(OC2CCN(C(=O)c3cccc4[nH]ccc34)C2)ncn1. The lowest BCUT2D eigenvalue weighted by Gasteiger charge is -2.18. The number of fused-ring (bicyclic) bond motifs is 1. The predicted molar refractivity (Wildman–Crippen MR) is 99.6 cm³/mol. The maximum Gasteiger partial charge on any atom is 0.254 e. The third-order valence-electron chi connectivity index (χ3n) is 4.63. The number of ether oxygens (including phenoxy) is 1. The lowest BCUT2D eigenvalue weighted by atomic mass is 10.1. The molecule has 0 bridgehead atoms. The van der Waals surface area contributed by atoms with Gasteiger partial charge in [0.15, 0.2) is 0 Å². The van der Waals surface area contributed by atoms with Gasteiger partial charge in [-0.05, 0) is 18.2 Å². The molecular weight excluding hydrogens is 330 g/mol. The molecule has 2 aromatic heterocycles. The van der Waals surface area contributed by atoms with Crippen LogP contribution in [0.3, 0.4) is 0 Å². The molecule has 0 saturated carbocycles. The Balaban J connectivity index is 1.46. The number of H-pyrrole nitrogens is 1. The lowest BCUT2D eigenvalue weighted by molar-refractivity contribution is 0.0773. The van der Waals surface area contributed by atoms with Crippen molar-refractivity contribution < 1.29 is 9.53 Å². The Bertz CT molecular complexity index is 936. The molecule has 1 aliphatic heterocycles. The van der Waals surface area contributed by atoms with Gasteiger partial charge in [0.2, 0.25) is 5.88 Å². The van der Waals surface area contributed by atoms with Crippen molar-refractivity contribution in [3.8, 4) is 5.88 Å². The Labute approximate surface area is 151 Å². The number of rotatable bonds is 4. The Morgan fingerprint density at radius 3 is 3.04 bits per heavy atom. The summed E-state index contributed by atoms with van der Waals surface area (Å²) in [5.41, 5.74) is 1.70. The number of hydrogen-bond acceptors (Lipinski definition) is 5. The molecule has 0 radical (unpaired) electrons. The zero-order valence-corrected chi connectivity index (χ0v) is 14.8. The summed E-state index contributed by atoms with van der Waals surface area (Å²) in [5, 5.41) is 0.952. The summed E-state index contributed by atoms with van der Waals surface area (Å²) in [6.07, 6.45) is 4.08. The molecule has 134 valence electrons. The number of anilines is 1. The van der Waals surface area contributed by atoms with Crippen molar-refractivity contribution in [2.75, 3.05) is 32.1 Å². The van der Waals surface area contributed by atoms with Crippen LogP contribution in [0.15, 0.2) is 42.9 Å². The third-order valence-corrected chi connectivity index (χ3v) is 4.63. The standard InChI is InChI=1S/C19H21N5O2/c1-23(2)17-10-18(22-12-21-17)26-13-7-9-24(11-13)19(25)15-4-3-5-16-14(15)6-8-20-16/h3-6,8,10,12-13,20H,7,9,11H2,1-2H3. The molecule has 1 amide bonds. The van der Waals surface area contributed by atoms with E-state index in [1.807, 2.05) is 60.4 Å². The van der Waals surface area contributed by atoms with Crippen molar-refractivity contribution in [1.29, 1.82) is 0 Å². The minimum Gasteiger partial charge on any atom is -0.472 e. The highest BCUT2D eigenvalue weighted by Crippen LogP contribution is 2.23. The van der Waals surface area contributed by atoms with Crippen LogP contribution in [-0.4, -0.2) is 59.0 Å². The van der Waals surface area contributed by atoms with E-state index in [9.17, 15) is 4.79 Å². The number of hydrogen-bond donors (Lipinski definition) is 1. The molecule has 1 fully saturated rings. The first-order chi connectivity index (χ1) is 12.6. The average molecular weight is 351 g/mol. The topological polar surface area (TPSA) is 74.3 Å². The van der Waals surface area contributed by atoms with Crippen molar-refractivity contribution in [1.82, 2.24) is 19.9 Å². The molecule has 7 nitrogen and oxygen atoms in total. The maximum atomic E-state index is 12.9. The number of carbonyl (C=O) groups excluding carboxylic acids is 1. The van der Waals surface area contributed by atoms with Gasteiger partial charge in [0, 0.05) is 55.8 Å². The molecule has 1 atom stereocenters. The first-order valence-electron chi connectivity index (χ1n) is 8.63. The van der Waals surface area contributed by atoms with Crippen LogP contribution in [0.5, 0.6) is 5.88 Å². The second-order valence-electron chi connectivity index (χ2n) is 6.63. The average Bonchev–Trinajstić information content (AvgIpc) is 3.30. The van der Waals surface area contributed by atoms with Gasteiger partial charge in [-0.25, -0.2) is 9.97 Å². The monoisotopic (exact) mass is 351 g/mol. The number of amides is 1. The number of nitrogens with zero attached hydrogens (tertiary/aromatic N) is 4. The van der Waals surface area contributed by atoms with Gasteiger partial charge in [-0.3, -0.25) is 4.79 Å². The second-order valence-corrected chi connectivity index (χ2v) is 6.63. The van der Waals surface area contributed by atoms with E-state index in [-0.39, 0.29) is 12.0 Å². The van der Waals surface area contributed by atoms with Crippen LogP contribution in [0, 0.1) is 0 Å². The fraction of sp³-hybridized carbons (Fsp3) is 0.316. The first kappa shape index (κ1) is 16.4. The van der Waals surface area contributed by atoms with E-state index in [2.05, 4.69) is 15.0 Å². The van der Waals surface area contributed by atoms with Crippen LogP contribution in [0.4, 0.5) is 5.82 Å². The van der Waals surface area contributed by atoms with E-state index < -0.39 is 0 Å². The van der Waals surface area contributed by atoms with Crippen LogP contribution >= 0.6 is 0 Å². The Morgan fingerprint density at radius 2 is 2.19 bits per heavy atom. The highest BCUT2D eigenvalue weighted by Gasteiger charge is 2.29. The number of nitrogens with one attached hydrogen (secondary N) is 1. The summed E-state index contributed by atoms with van der Waals surface area (Å²) in [5.74, 6) is 1.37. The Morgan fingerprint density at radius 1 is 1.31 bits per heavy atom. The van der Waals surface area contributed by atoms with Crippen LogP contribution < -0.4 is 9.64 Å². The van der Waals surface area contributed by atoms with Gasteiger partial charge in [-0.15, -0.1) is 0 Å². The van der Waals surface area contributed by atoms with Gasteiger partial charge in [0.25, 0.3) is 5.91 Å². The van der Waals surface area contributed by atoms with Gasteiger partial charge >= 0.3 is 0 Å². The second kappa shape index (κ2) is 6.67. The maximum absolute atomic E-state index is 12.9. The first-order valence-corrected chi connectivity index (χ1v) is 8.63. The zero-order valence-electron chi connectivity index (χ0n) is 14.8. The molecule has 0 spiro atoms. The molecule has 3 heterocycles. The van der Waals surface area contributed by atoms with Crippen LogP contribution in [0.2, 0.25) is 0 Å². The minimum atomic E-state index is -0.0608. The fourth-order valence-corrected chi connectivity index (χ4v) is 3.26. The summed E-state index contributed by atoms with van der Waals surface area (Å²) in [6, 6.07) is 9.50. The summed E-state index contributed by atoms with van der Waals surface area (Å²) < 4.78 is 5.98. The summed E-state index contributed by atoms with van der Waals surface area (Å²) in [7, 11) is 3.84. The highest BCUT2D eigenvalue weighted by atomic mass is 16.5. The van der Waals surface area contributed by atoms with Crippen LogP contribution in [0.25, 0.3) is 10.9 Å². The number of benzene rings is 1. The lowest BCUT2D eigenvalue weighted by Crippen LogP contribution is -2.31. The summed E-state index contributed by atoms with van der Waals surface area (Å²) in [6.45, 7) is 1.23. The third kappa shape index (κ3) is 3.08.